The Bertz CT molecular complexity index is 995. The van der Waals surface area contributed by atoms with Crippen LogP contribution in [0.5, 0.6) is 11.5 Å². The minimum atomic E-state index is -3.57. The zero-order chi connectivity index (χ0) is 21.9. The van der Waals surface area contributed by atoms with Gasteiger partial charge in [0.15, 0.2) is 11.5 Å². The van der Waals surface area contributed by atoms with E-state index in [-0.39, 0.29) is 10.8 Å². The van der Waals surface area contributed by atoms with Crippen LogP contribution in [0.4, 0.5) is 5.69 Å². The molecule has 1 heterocycles. The second kappa shape index (κ2) is 9.06. The molecule has 0 radical (unpaired) electrons. The molecule has 0 saturated carbocycles. The maximum Gasteiger partial charge on any atom is 0.255 e. The van der Waals surface area contributed by atoms with E-state index in [0.29, 0.717) is 47.7 Å². The van der Waals surface area contributed by atoms with Crippen molar-refractivity contribution in [3.8, 4) is 11.5 Å². The normalized spacial score (nSPS) is 19.9. The number of ether oxygens (including phenoxy) is 2. The Labute approximate surface area is 178 Å². The van der Waals surface area contributed by atoms with Crippen molar-refractivity contribution in [2.24, 2.45) is 11.8 Å². The fourth-order valence-electron chi connectivity index (χ4n) is 3.85. The summed E-state index contributed by atoms with van der Waals surface area (Å²) in [5.74, 6) is 1.38. The summed E-state index contributed by atoms with van der Waals surface area (Å²) in [5, 5.41) is 2.78. The highest BCUT2D eigenvalue weighted by molar-refractivity contribution is 7.89. The molecule has 1 aliphatic rings. The molecule has 30 heavy (non-hydrogen) atoms. The molecule has 1 N–H and O–H groups in total. The molecule has 0 unspecified atom stereocenters. The summed E-state index contributed by atoms with van der Waals surface area (Å²) in [6.07, 6.45) is 1.03. The van der Waals surface area contributed by atoms with E-state index < -0.39 is 10.0 Å². The van der Waals surface area contributed by atoms with Gasteiger partial charge in [-0.3, -0.25) is 4.79 Å². The Hall–Kier alpha value is -2.58. The number of amides is 1. The minimum Gasteiger partial charge on any atom is -0.493 e. The predicted octanol–water partition coefficient (Wildman–Crippen LogP) is 3.62. The molecule has 2 aromatic rings. The van der Waals surface area contributed by atoms with Gasteiger partial charge >= 0.3 is 0 Å². The molecule has 8 heteroatoms. The molecule has 1 amide bonds. The number of carbonyl (C=O) groups excluding carboxylic acids is 1. The fraction of sp³-hybridized carbons (Fsp3) is 0.409. The number of hydrogen-bond acceptors (Lipinski definition) is 5. The van der Waals surface area contributed by atoms with E-state index in [0.717, 1.165) is 6.42 Å². The predicted molar refractivity (Wildman–Crippen MR) is 116 cm³/mol. The van der Waals surface area contributed by atoms with Crippen LogP contribution in [0, 0.1) is 11.8 Å². The van der Waals surface area contributed by atoms with Crippen LogP contribution < -0.4 is 14.8 Å². The lowest BCUT2D eigenvalue weighted by Crippen LogP contribution is -2.42. The van der Waals surface area contributed by atoms with Crippen LogP contribution in [-0.4, -0.2) is 45.9 Å². The van der Waals surface area contributed by atoms with Crippen LogP contribution in [0.15, 0.2) is 47.4 Å². The molecule has 2 atom stereocenters. The van der Waals surface area contributed by atoms with Crippen LogP contribution in [0.25, 0.3) is 0 Å². The van der Waals surface area contributed by atoms with Crippen LogP contribution in [0.3, 0.4) is 0 Å². The third-order valence-corrected chi connectivity index (χ3v) is 7.08. The molecule has 3 rings (SSSR count). The van der Waals surface area contributed by atoms with Crippen molar-refractivity contribution < 1.29 is 22.7 Å². The van der Waals surface area contributed by atoms with Crippen LogP contribution in [-0.2, 0) is 10.0 Å². The summed E-state index contributed by atoms with van der Waals surface area (Å²) in [7, 11) is -0.516. The van der Waals surface area contributed by atoms with Gasteiger partial charge in [-0.1, -0.05) is 13.8 Å². The molecule has 2 aromatic carbocycles. The lowest BCUT2D eigenvalue weighted by Gasteiger charge is -2.34. The van der Waals surface area contributed by atoms with E-state index >= 15 is 0 Å². The van der Waals surface area contributed by atoms with E-state index in [1.807, 2.05) is 0 Å². The van der Waals surface area contributed by atoms with Gasteiger partial charge < -0.3 is 14.8 Å². The van der Waals surface area contributed by atoms with Gasteiger partial charge in [0, 0.05) is 30.4 Å². The molecule has 162 valence electrons. The highest BCUT2D eigenvalue weighted by atomic mass is 32.2. The number of anilines is 1. The van der Waals surface area contributed by atoms with Crippen LogP contribution >= 0.6 is 0 Å². The van der Waals surface area contributed by atoms with Gasteiger partial charge in [-0.25, -0.2) is 8.42 Å². The van der Waals surface area contributed by atoms with Gasteiger partial charge in [0.2, 0.25) is 10.0 Å². The number of piperidine rings is 1. The largest absolute Gasteiger partial charge is 0.493 e. The van der Waals surface area contributed by atoms with Gasteiger partial charge in [-0.05, 0) is 54.7 Å². The summed E-state index contributed by atoms with van der Waals surface area (Å²) >= 11 is 0. The molecular weight excluding hydrogens is 404 g/mol. The topological polar surface area (TPSA) is 84.9 Å². The Morgan fingerprint density at radius 3 is 2.13 bits per heavy atom. The van der Waals surface area contributed by atoms with E-state index in [9.17, 15) is 13.2 Å². The number of methoxy groups -OCH3 is 2. The molecule has 1 saturated heterocycles. The quantitative estimate of drug-likeness (QED) is 0.754. The highest BCUT2D eigenvalue weighted by Gasteiger charge is 2.31. The average molecular weight is 433 g/mol. The first kappa shape index (κ1) is 22.1. The first-order chi connectivity index (χ1) is 14.2. The van der Waals surface area contributed by atoms with E-state index in [4.69, 9.17) is 9.47 Å². The van der Waals surface area contributed by atoms with E-state index in [1.54, 1.807) is 22.5 Å². The minimum absolute atomic E-state index is 0.200. The Balaban J connectivity index is 1.74. The van der Waals surface area contributed by atoms with Gasteiger partial charge in [0.05, 0.1) is 19.1 Å². The average Bonchev–Trinajstić information content (AvgIpc) is 2.73. The number of rotatable bonds is 6. The smallest absolute Gasteiger partial charge is 0.255 e. The number of sulfonamides is 1. The van der Waals surface area contributed by atoms with Gasteiger partial charge in [0.1, 0.15) is 0 Å². The first-order valence-electron chi connectivity index (χ1n) is 9.88. The number of carbonyl (C=O) groups is 1. The van der Waals surface area contributed by atoms with Gasteiger partial charge in [0.25, 0.3) is 5.91 Å². The standard InChI is InChI=1S/C22H28N2O5S/c1-15-11-16(2)14-24(13-15)30(26,27)19-8-5-17(6-9-19)22(25)23-18-7-10-20(28-3)21(12-18)29-4/h5-10,12,15-16H,11,13-14H2,1-4H3,(H,23,25)/t15-,16-/m0/s1. The zero-order valence-corrected chi connectivity index (χ0v) is 18.5. The maximum atomic E-state index is 13.0. The molecule has 0 aliphatic carbocycles. The molecule has 7 nitrogen and oxygen atoms in total. The van der Waals surface area contributed by atoms with Crippen LogP contribution in [0.1, 0.15) is 30.6 Å². The van der Waals surface area contributed by atoms with Gasteiger partial charge in [-0.2, -0.15) is 4.31 Å². The first-order valence-corrected chi connectivity index (χ1v) is 11.3. The summed E-state index contributed by atoms with van der Waals surface area (Å²) < 4.78 is 37.9. The van der Waals surface area contributed by atoms with Gasteiger partial charge in [-0.15, -0.1) is 0 Å². The van der Waals surface area contributed by atoms with Crippen molar-refractivity contribution in [2.45, 2.75) is 25.2 Å². The lowest BCUT2D eigenvalue weighted by molar-refractivity contribution is 0.102. The summed E-state index contributed by atoms with van der Waals surface area (Å²) in [6.45, 7) is 5.18. The van der Waals surface area contributed by atoms with Crippen molar-refractivity contribution in [1.82, 2.24) is 4.31 Å². The fourth-order valence-corrected chi connectivity index (χ4v) is 5.53. The van der Waals surface area contributed by atoms with Crippen molar-refractivity contribution in [1.29, 1.82) is 0 Å². The van der Waals surface area contributed by atoms with Crippen molar-refractivity contribution in [3.05, 3.63) is 48.0 Å². The Morgan fingerprint density at radius 2 is 1.57 bits per heavy atom. The highest BCUT2D eigenvalue weighted by Crippen LogP contribution is 2.30. The third kappa shape index (κ3) is 4.76. The number of benzene rings is 2. The Kier molecular flexibility index (Phi) is 6.67. The zero-order valence-electron chi connectivity index (χ0n) is 17.7. The van der Waals surface area contributed by atoms with Crippen molar-refractivity contribution in [2.75, 3.05) is 32.6 Å². The molecule has 1 fully saturated rings. The molecular formula is C22H28N2O5S. The molecule has 0 aromatic heterocycles. The van der Waals surface area contributed by atoms with Crippen molar-refractivity contribution >= 4 is 21.6 Å². The SMILES string of the molecule is COc1ccc(NC(=O)c2ccc(S(=O)(=O)N3C[C@@H](C)C[C@H](C)C3)cc2)cc1OC. The number of nitrogens with one attached hydrogen (secondary N) is 1. The summed E-state index contributed by atoms with van der Waals surface area (Å²) in [6, 6.07) is 11.1. The third-order valence-electron chi connectivity index (χ3n) is 5.23. The van der Waals surface area contributed by atoms with Crippen LogP contribution in [0.2, 0.25) is 0 Å². The maximum absolute atomic E-state index is 13.0. The summed E-state index contributed by atoms with van der Waals surface area (Å²) in [4.78, 5) is 12.8. The second-order valence-electron chi connectivity index (χ2n) is 7.82. The Morgan fingerprint density at radius 1 is 0.967 bits per heavy atom. The lowest BCUT2D eigenvalue weighted by atomic mass is 9.94. The second-order valence-corrected chi connectivity index (χ2v) is 9.75. The van der Waals surface area contributed by atoms with Crippen molar-refractivity contribution in [3.63, 3.8) is 0 Å². The monoisotopic (exact) mass is 432 g/mol. The molecule has 0 bridgehead atoms. The van der Waals surface area contributed by atoms with E-state index in [1.165, 1.54) is 38.5 Å². The van der Waals surface area contributed by atoms with E-state index in [2.05, 4.69) is 19.2 Å². The molecule has 0 spiro atoms. The molecule has 1 aliphatic heterocycles. The number of nitrogens with zero attached hydrogens (tertiary/aromatic N) is 1. The summed E-state index contributed by atoms with van der Waals surface area (Å²) in [5.41, 5.74) is 0.912. The number of hydrogen-bond donors (Lipinski definition) is 1.